The van der Waals surface area contributed by atoms with Gasteiger partial charge in [0.25, 0.3) is 0 Å². The van der Waals surface area contributed by atoms with Crippen molar-refractivity contribution in [3.8, 4) is 0 Å². The van der Waals surface area contributed by atoms with Crippen LogP contribution in [0.3, 0.4) is 0 Å². The monoisotopic (exact) mass is 196 g/mol. The molecule has 0 aromatic rings. The zero-order valence-electron chi connectivity index (χ0n) is 9.39. The number of hydrogen-bond donors (Lipinski definition) is 1. The van der Waals surface area contributed by atoms with E-state index in [4.69, 9.17) is 0 Å². The number of nitrogens with one attached hydrogen (secondary N) is 1. The van der Waals surface area contributed by atoms with Crippen LogP contribution in [0.1, 0.15) is 46.5 Å². The van der Waals surface area contributed by atoms with Gasteiger partial charge < -0.3 is 10.2 Å². The highest BCUT2D eigenvalue weighted by atomic mass is 16.2. The van der Waals surface area contributed by atoms with Crippen molar-refractivity contribution < 1.29 is 4.79 Å². The summed E-state index contributed by atoms with van der Waals surface area (Å²) in [5.74, 6) is 0. The Bertz CT molecular complexity index is 251. The van der Waals surface area contributed by atoms with Gasteiger partial charge in [-0.1, -0.05) is 0 Å². The number of carbonyl (C=O) groups is 1. The van der Waals surface area contributed by atoms with Crippen LogP contribution in [-0.4, -0.2) is 28.6 Å². The molecular formula is C11H20N2O. The molecule has 0 radical (unpaired) electrons. The summed E-state index contributed by atoms with van der Waals surface area (Å²) in [7, 11) is 0. The summed E-state index contributed by atoms with van der Waals surface area (Å²) in [6.45, 7) is 7.22. The van der Waals surface area contributed by atoms with Gasteiger partial charge in [0.15, 0.2) is 0 Å². The zero-order chi connectivity index (χ0) is 10.4. The Labute approximate surface area is 85.8 Å². The summed E-state index contributed by atoms with van der Waals surface area (Å²) in [6.07, 6.45) is 4.78. The van der Waals surface area contributed by atoms with Gasteiger partial charge in [0.05, 0.1) is 0 Å². The molecule has 1 saturated heterocycles. The lowest BCUT2D eigenvalue weighted by Gasteiger charge is -2.57. The third-order valence-electron chi connectivity index (χ3n) is 3.50. The molecule has 1 N–H and O–H groups in total. The van der Waals surface area contributed by atoms with Crippen molar-refractivity contribution in [3.63, 3.8) is 0 Å². The van der Waals surface area contributed by atoms with Crippen LogP contribution >= 0.6 is 0 Å². The molecule has 2 amide bonds. The van der Waals surface area contributed by atoms with Gasteiger partial charge in [0.1, 0.15) is 0 Å². The SMILES string of the molecule is CC(C)(C)N1C(=O)NCCC12CCC2. The topological polar surface area (TPSA) is 32.3 Å². The summed E-state index contributed by atoms with van der Waals surface area (Å²) in [6, 6.07) is 0.128. The van der Waals surface area contributed by atoms with Crippen LogP contribution in [0.5, 0.6) is 0 Å². The van der Waals surface area contributed by atoms with Crippen LogP contribution < -0.4 is 5.32 Å². The number of carbonyl (C=O) groups excluding carboxylic acids is 1. The van der Waals surface area contributed by atoms with E-state index in [9.17, 15) is 4.79 Å². The van der Waals surface area contributed by atoms with E-state index in [1.54, 1.807) is 0 Å². The lowest BCUT2D eigenvalue weighted by atomic mass is 9.70. The molecule has 0 bridgehead atoms. The molecule has 3 nitrogen and oxygen atoms in total. The number of nitrogens with zero attached hydrogens (tertiary/aromatic N) is 1. The van der Waals surface area contributed by atoms with Crippen molar-refractivity contribution in [1.29, 1.82) is 0 Å². The van der Waals surface area contributed by atoms with Gasteiger partial charge in [0, 0.05) is 17.6 Å². The van der Waals surface area contributed by atoms with Gasteiger partial charge in [-0.2, -0.15) is 0 Å². The smallest absolute Gasteiger partial charge is 0.318 e. The molecule has 0 aromatic heterocycles. The molecule has 2 fully saturated rings. The zero-order valence-corrected chi connectivity index (χ0v) is 9.39. The predicted molar refractivity (Wildman–Crippen MR) is 56.2 cm³/mol. The van der Waals surface area contributed by atoms with Crippen LogP contribution in [-0.2, 0) is 0 Å². The van der Waals surface area contributed by atoms with E-state index in [1.165, 1.54) is 19.3 Å². The second-order valence-corrected chi connectivity index (χ2v) is 5.57. The summed E-state index contributed by atoms with van der Waals surface area (Å²) >= 11 is 0. The summed E-state index contributed by atoms with van der Waals surface area (Å²) < 4.78 is 0. The van der Waals surface area contributed by atoms with Crippen LogP contribution in [0.25, 0.3) is 0 Å². The second kappa shape index (κ2) is 2.88. The van der Waals surface area contributed by atoms with Crippen molar-refractivity contribution >= 4 is 6.03 Å². The normalized spacial score (nSPS) is 25.9. The molecule has 1 heterocycles. The number of rotatable bonds is 0. The van der Waals surface area contributed by atoms with E-state index in [0.29, 0.717) is 0 Å². The molecule has 1 aliphatic carbocycles. The minimum absolute atomic E-state index is 0.0507. The molecule has 0 atom stereocenters. The van der Waals surface area contributed by atoms with Crippen LogP contribution in [0.15, 0.2) is 0 Å². The first-order valence-corrected chi connectivity index (χ1v) is 5.54. The van der Waals surface area contributed by atoms with Gasteiger partial charge in [-0.25, -0.2) is 4.79 Å². The number of hydrogen-bond acceptors (Lipinski definition) is 1. The summed E-state index contributed by atoms with van der Waals surface area (Å²) in [4.78, 5) is 13.9. The fourth-order valence-electron chi connectivity index (χ4n) is 2.88. The fourth-order valence-corrected chi connectivity index (χ4v) is 2.88. The van der Waals surface area contributed by atoms with E-state index in [2.05, 4.69) is 31.0 Å². The highest BCUT2D eigenvalue weighted by Crippen LogP contribution is 2.45. The highest BCUT2D eigenvalue weighted by molar-refractivity contribution is 5.77. The van der Waals surface area contributed by atoms with E-state index in [-0.39, 0.29) is 17.1 Å². The van der Waals surface area contributed by atoms with Crippen LogP contribution in [0, 0.1) is 0 Å². The van der Waals surface area contributed by atoms with Gasteiger partial charge in [-0.3, -0.25) is 0 Å². The molecule has 1 aliphatic heterocycles. The first kappa shape index (κ1) is 9.81. The quantitative estimate of drug-likeness (QED) is 0.632. The molecule has 0 unspecified atom stereocenters. The Kier molecular flexibility index (Phi) is 2.02. The Morgan fingerprint density at radius 1 is 1.29 bits per heavy atom. The van der Waals surface area contributed by atoms with Gasteiger partial charge in [-0.05, 0) is 46.5 Å². The van der Waals surface area contributed by atoms with E-state index < -0.39 is 0 Å². The van der Waals surface area contributed by atoms with Gasteiger partial charge >= 0.3 is 6.03 Å². The molecular weight excluding hydrogens is 176 g/mol. The maximum atomic E-state index is 11.9. The average molecular weight is 196 g/mol. The molecule has 2 aliphatic rings. The molecule has 1 saturated carbocycles. The lowest BCUT2D eigenvalue weighted by molar-refractivity contribution is -0.0282. The molecule has 3 heteroatoms. The van der Waals surface area contributed by atoms with Crippen molar-refractivity contribution in [2.75, 3.05) is 6.54 Å². The summed E-state index contributed by atoms with van der Waals surface area (Å²) in [5.41, 5.74) is 0.144. The Hall–Kier alpha value is -0.730. The van der Waals surface area contributed by atoms with Crippen molar-refractivity contribution in [2.45, 2.75) is 57.5 Å². The van der Waals surface area contributed by atoms with E-state index in [1.807, 2.05) is 0 Å². The van der Waals surface area contributed by atoms with Crippen molar-refractivity contribution in [3.05, 3.63) is 0 Å². The molecule has 14 heavy (non-hydrogen) atoms. The number of urea groups is 1. The second-order valence-electron chi connectivity index (χ2n) is 5.57. The maximum Gasteiger partial charge on any atom is 0.318 e. The number of amides is 2. The predicted octanol–water partition coefficient (Wildman–Crippen LogP) is 2.12. The molecule has 1 spiro atoms. The van der Waals surface area contributed by atoms with Gasteiger partial charge in [0.2, 0.25) is 0 Å². The minimum atomic E-state index is -0.0507. The third-order valence-corrected chi connectivity index (χ3v) is 3.50. The molecule has 80 valence electrons. The minimum Gasteiger partial charge on any atom is -0.338 e. The standard InChI is InChI=1S/C11H20N2O/c1-10(2,3)13-9(14)12-8-7-11(13)5-4-6-11/h4-8H2,1-3H3,(H,12,14). The first-order valence-electron chi connectivity index (χ1n) is 5.54. The lowest BCUT2D eigenvalue weighted by Crippen LogP contribution is -2.69. The summed E-state index contributed by atoms with van der Waals surface area (Å²) in [5, 5.41) is 2.95. The maximum absolute atomic E-state index is 11.9. The van der Waals surface area contributed by atoms with Crippen molar-refractivity contribution in [2.24, 2.45) is 0 Å². The Morgan fingerprint density at radius 3 is 2.29 bits per heavy atom. The average Bonchev–Trinajstić information content (AvgIpc) is 1.98. The molecule has 0 aromatic carbocycles. The molecule has 2 rings (SSSR count). The first-order chi connectivity index (χ1) is 6.46. The third kappa shape index (κ3) is 1.30. The fraction of sp³-hybridized carbons (Fsp3) is 0.909. The highest BCUT2D eigenvalue weighted by Gasteiger charge is 2.50. The van der Waals surface area contributed by atoms with E-state index in [0.717, 1.165) is 13.0 Å². The van der Waals surface area contributed by atoms with Gasteiger partial charge in [-0.15, -0.1) is 0 Å². The van der Waals surface area contributed by atoms with Crippen LogP contribution in [0.4, 0.5) is 4.79 Å². The van der Waals surface area contributed by atoms with E-state index >= 15 is 0 Å². The van der Waals surface area contributed by atoms with Crippen molar-refractivity contribution in [1.82, 2.24) is 10.2 Å². The van der Waals surface area contributed by atoms with Crippen LogP contribution in [0.2, 0.25) is 0 Å². The Balaban J connectivity index is 2.26. The Morgan fingerprint density at radius 2 is 1.93 bits per heavy atom. The largest absolute Gasteiger partial charge is 0.338 e.